The molecule has 16 heavy (non-hydrogen) atoms. The molecule has 0 radical (unpaired) electrons. The fraction of sp³-hybridized carbons (Fsp3) is 0. The van der Waals surface area contributed by atoms with E-state index in [2.05, 4.69) is 5.73 Å². The van der Waals surface area contributed by atoms with Crippen molar-refractivity contribution in [2.75, 3.05) is 5.73 Å². The molecule has 0 spiro atoms. The van der Waals surface area contributed by atoms with Gasteiger partial charge in [-0.1, -0.05) is 11.6 Å². The van der Waals surface area contributed by atoms with E-state index in [0.717, 1.165) is 12.1 Å². The summed E-state index contributed by atoms with van der Waals surface area (Å²) in [7, 11) is -4.40. The number of nitrogen functional groups attached to an aromatic ring is 1. The third-order valence-electron chi connectivity index (χ3n) is 1.56. The predicted molar refractivity (Wildman–Crippen MR) is 55.7 cm³/mol. The highest BCUT2D eigenvalue weighted by atomic mass is 35.5. The van der Waals surface area contributed by atoms with Gasteiger partial charge in [0.05, 0.1) is 5.69 Å². The number of carbonyl (C=O) groups excluding carboxylic acids is 1. The van der Waals surface area contributed by atoms with Gasteiger partial charge in [0.25, 0.3) is 10.0 Å². The highest BCUT2D eigenvalue weighted by Gasteiger charge is 2.22. The molecule has 0 saturated heterocycles. The lowest BCUT2D eigenvalue weighted by Crippen LogP contribution is -2.35. The van der Waals surface area contributed by atoms with Crippen LogP contribution in [-0.4, -0.2) is 14.4 Å². The van der Waals surface area contributed by atoms with Gasteiger partial charge in [0.2, 0.25) is 0 Å². The quantitative estimate of drug-likeness (QED) is 0.673. The summed E-state index contributed by atoms with van der Waals surface area (Å²) in [5.41, 5.74) is 9.36. The zero-order valence-electron chi connectivity index (χ0n) is 7.70. The second-order valence-corrected chi connectivity index (χ2v) is 4.86. The number of nitrogens with two attached hydrogens (primary N) is 2. The SMILES string of the molecule is NC(=O)NS(=O)(=O)c1cc(Cl)cc(N)c1F. The van der Waals surface area contributed by atoms with E-state index in [1.807, 2.05) is 0 Å². The van der Waals surface area contributed by atoms with Crippen LogP contribution in [0.4, 0.5) is 14.9 Å². The van der Waals surface area contributed by atoms with E-state index >= 15 is 0 Å². The zero-order chi connectivity index (χ0) is 12.5. The van der Waals surface area contributed by atoms with Gasteiger partial charge in [0.15, 0.2) is 5.82 Å². The maximum atomic E-state index is 13.4. The van der Waals surface area contributed by atoms with Crippen molar-refractivity contribution < 1.29 is 17.6 Å². The Bertz CT molecular complexity index is 546. The van der Waals surface area contributed by atoms with Crippen molar-refractivity contribution >= 4 is 33.3 Å². The number of anilines is 1. The smallest absolute Gasteiger partial charge is 0.326 e. The fourth-order valence-electron chi connectivity index (χ4n) is 0.967. The molecule has 0 aliphatic carbocycles. The first kappa shape index (κ1) is 12.5. The number of primary amides is 1. The number of benzene rings is 1. The van der Waals surface area contributed by atoms with Crippen LogP contribution in [0.1, 0.15) is 0 Å². The average Bonchev–Trinajstić information content (AvgIpc) is 2.08. The third kappa shape index (κ3) is 2.52. The number of urea groups is 1. The molecule has 0 atom stereocenters. The van der Waals surface area contributed by atoms with Crippen LogP contribution < -0.4 is 16.2 Å². The molecule has 0 saturated carbocycles. The number of carbonyl (C=O) groups is 1. The molecule has 1 aromatic rings. The molecular weight excluding hydrogens is 261 g/mol. The predicted octanol–water partition coefficient (Wildman–Crippen LogP) is 0.418. The van der Waals surface area contributed by atoms with Crippen molar-refractivity contribution in [3.63, 3.8) is 0 Å². The normalized spacial score (nSPS) is 11.1. The molecule has 2 amide bonds. The van der Waals surface area contributed by atoms with Crippen molar-refractivity contribution in [3.05, 3.63) is 23.0 Å². The van der Waals surface area contributed by atoms with E-state index in [9.17, 15) is 17.6 Å². The largest absolute Gasteiger partial charge is 0.396 e. The monoisotopic (exact) mass is 267 g/mol. The van der Waals surface area contributed by atoms with Crippen molar-refractivity contribution in [3.8, 4) is 0 Å². The number of rotatable bonds is 2. The molecule has 0 fully saturated rings. The van der Waals surface area contributed by atoms with Gasteiger partial charge in [-0.3, -0.25) is 0 Å². The summed E-state index contributed by atoms with van der Waals surface area (Å²) in [6.07, 6.45) is 0. The van der Waals surface area contributed by atoms with Crippen molar-refractivity contribution in [1.29, 1.82) is 0 Å². The van der Waals surface area contributed by atoms with Crippen LogP contribution in [0, 0.1) is 5.82 Å². The summed E-state index contributed by atoms with van der Waals surface area (Å²) in [6.45, 7) is 0. The second-order valence-electron chi connectivity index (χ2n) is 2.78. The molecule has 5 N–H and O–H groups in total. The fourth-order valence-corrected chi connectivity index (χ4v) is 2.27. The lowest BCUT2D eigenvalue weighted by atomic mass is 10.3. The third-order valence-corrected chi connectivity index (χ3v) is 3.12. The van der Waals surface area contributed by atoms with Crippen LogP contribution in [0.2, 0.25) is 5.02 Å². The van der Waals surface area contributed by atoms with Crippen LogP contribution in [-0.2, 0) is 10.0 Å². The summed E-state index contributed by atoms with van der Waals surface area (Å²) in [6, 6.07) is 0.525. The van der Waals surface area contributed by atoms with Crippen molar-refractivity contribution in [1.82, 2.24) is 4.72 Å². The Kier molecular flexibility index (Phi) is 3.24. The molecule has 0 bridgehead atoms. The molecule has 0 heterocycles. The molecule has 1 aromatic carbocycles. The molecule has 0 unspecified atom stereocenters. The molecule has 0 aliphatic rings. The van der Waals surface area contributed by atoms with Gasteiger partial charge in [0.1, 0.15) is 4.90 Å². The molecule has 0 aliphatic heterocycles. The first-order chi connectivity index (χ1) is 7.24. The Labute approximate surface area is 95.4 Å². The van der Waals surface area contributed by atoms with Gasteiger partial charge in [-0.05, 0) is 12.1 Å². The molecule has 6 nitrogen and oxygen atoms in total. The van der Waals surface area contributed by atoms with Crippen molar-refractivity contribution in [2.45, 2.75) is 4.90 Å². The number of hydrogen-bond acceptors (Lipinski definition) is 4. The van der Waals surface area contributed by atoms with Gasteiger partial charge in [0, 0.05) is 5.02 Å². The molecule has 0 aromatic heterocycles. The van der Waals surface area contributed by atoms with E-state index in [0.29, 0.717) is 0 Å². The molecule has 9 heteroatoms. The van der Waals surface area contributed by atoms with E-state index in [1.165, 1.54) is 4.72 Å². The van der Waals surface area contributed by atoms with Crippen LogP contribution in [0.3, 0.4) is 0 Å². The summed E-state index contributed by atoms with van der Waals surface area (Å²) >= 11 is 5.51. The van der Waals surface area contributed by atoms with Crippen LogP contribution in [0.5, 0.6) is 0 Å². The summed E-state index contributed by atoms with van der Waals surface area (Å²) in [4.78, 5) is 9.58. The molecular formula is C7H7ClFN3O3S. The summed E-state index contributed by atoms with van der Waals surface area (Å²) in [5.74, 6) is -1.20. The van der Waals surface area contributed by atoms with Crippen LogP contribution >= 0.6 is 11.6 Å². The number of hydrogen-bond donors (Lipinski definition) is 3. The Hall–Kier alpha value is -1.54. The van der Waals surface area contributed by atoms with E-state index < -0.39 is 32.5 Å². The highest BCUT2D eigenvalue weighted by molar-refractivity contribution is 7.90. The maximum Gasteiger partial charge on any atom is 0.326 e. The molecule has 88 valence electrons. The van der Waals surface area contributed by atoms with E-state index in [1.54, 1.807) is 0 Å². The lowest BCUT2D eigenvalue weighted by molar-refractivity contribution is 0.253. The highest BCUT2D eigenvalue weighted by Crippen LogP contribution is 2.24. The van der Waals surface area contributed by atoms with Gasteiger partial charge in [-0.2, -0.15) is 0 Å². The first-order valence-corrected chi connectivity index (χ1v) is 5.67. The Morgan fingerprint density at radius 3 is 2.50 bits per heavy atom. The minimum Gasteiger partial charge on any atom is -0.396 e. The minimum absolute atomic E-state index is 0.0799. The Morgan fingerprint density at radius 1 is 1.44 bits per heavy atom. The first-order valence-electron chi connectivity index (χ1n) is 3.81. The average molecular weight is 268 g/mol. The van der Waals surface area contributed by atoms with Crippen LogP contribution in [0.15, 0.2) is 17.0 Å². The zero-order valence-corrected chi connectivity index (χ0v) is 9.27. The number of nitrogens with one attached hydrogen (secondary N) is 1. The maximum absolute atomic E-state index is 13.4. The van der Waals surface area contributed by atoms with Crippen molar-refractivity contribution in [2.24, 2.45) is 5.73 Å². The summed E-state index contributed by atoms with van der Waals surface area (Å²) < 4.78 is 37.6. The second kappa shape index (κ2) is 4.14. The van der Waals surface area contributed by atoms with Gasteiger partial charge >= 0.3 is 6.03 Å². The Balaban J connectivity index is 3.39. The van der Waals surface area contributed by atoms with Crippen LogP contribution in [0.25, 0.3) is 0 Å². The van der Waals surface area contributed by atoms with Gasteiger partial charge in [-0.25, -0.2) is 22.3 Å². The van der Waals surface area contributed by atoms with Gasteiger partial charge in [-0.15, -0.1) is 0 Å². The molecule has 1 rings (SSSR count). The Morgan fingerprint density at radius 2 is 2.00 bits per heavy atom. The van der Waals surface area contributed by atoms with E-state index in [4.69, 9.17) is 17.3 Å². The van der Waals surface area contributed by atoms with Gasteiger partial charge < -0.3 is 11.5 Å². The number of halogens is 2. The number of amides is 2. The van der Waals surface area contributed by atoms with E-state index in [-0.39, 0.29) is 5.02 Å². The summed E-state index contributed by atoms with van der Waals surface area (Å²) in [5, 5.41) is -0.0799. The topological polar surface area (TPSA) is 115 Å². The standard InChI is InChI=1S/C7H7ClFN3O3S/c8-3-1-4(10)6(9)5(2-3)16(14,15)12-7(11)13/h1-2H,10H2,(H3,11,12,13). The number of sulfonamides is 1. The lowest BCUT2D eigenvalue weighted by Gasteiger charge is -2.07. The minimum atomic E-state index is -4.40.